The monoisotopic (exact) mass is 232 g/mol. The molecule has 1 aromatic rings. The minimum Gasteiger partial charge on any atom is -0.300 e. The van der Waals surface area contributed by atoms with E-state index in [0.29, 0.717) is 0 Å². The van der Waals surface area contributed by atoms with Gasteiger partial charge < -0.3 is 4.89 Å². The third-order valence-corrected chi connectivity index (χ3v) is 2.17. The van der Waals surface area contributed by atoms with Gasteiger partial charge in [0.1, 0.15) is 0 Å². The van der Waals surface area contributed by atoms with Gasteiger partial charge >= 0.3 is 13.8 Å². The van der Waals surface area contributed by atoms with E-state index in [1.807, 2.05) is 0 Å². The summed E-state index contributed by atoms with van der Waals surface area (Å²) in [5.41, 5.74) is 0.202. The number of benzene rings is 1. The van der Waals surface area contributed by atoms with Crippen LogP contribution in [0.2, 0.25) is 0 Å². The highest BCUT2D eigenvalue weighted by molar-refractivity contribution is 7.47. The molecule has 6 nitrogen and oxygen atoms in total. The Labute approximate surface area is 85.9 Å². The van der Waals surface area contributed by atoms with E-state index < -0.39 is 13.8 Å². The van der Waals surface area contributed by atoms with Gasteiger partial charge in [-0.15, -0.1) is 0 Å². The topological polar surface area (TPSA) is 82.1 Å². The van der Waals surface area contributed by atoms with Crippen molar-refractivity contribution in [3.8, 4) is 0 Å². The molecule has 0 spiro atoms. The van der Waals surface area contributed by atoms with Gasteiger partial charge in [-0.05, 0) is 12.1 Å². The van der Waals surface area contributed by atoms with Crippen LogP contribution in [0.5, 0.6) is 0 Å². The highest BCUT2D eigenvalue weighted by atomic mass is 31.2. The van der Waals surface area contributed by atoms with Crippen molar-refractivity contribution in [2.24, 2.45) is 0 Å². The molecule has 0 saturated carbocycles. The zero-order chi connectivity index (χ0) is 11.3. The minimum absolute atomic E-state index is 0.202. The fraction of sp³-hybridized carbons (Fsp3) is 0.125. The zero-order valence-electron chi connectivity index (χ0n) is 7.82. The van der Waals surface area contributed by atoms with Crippen LogP contribution in [0.3, 0.4) is 0 Å². The van der Waals surface area contributed by atoms with E-state index in [2.05, 4.69) is 14.1 Å². The van der Waals surface area contributed by atoms with Crippen molar-refractivity contribution in [3.05, 3.63) is 35.9 Å². The van der Waals surface area contributed by atoms with Crippen molar-refractivity contribution >= 4 is 13.8 Å². The van der Waals surface area contributed by atoms with Crippen molar-refractivity contribution < 1.29 is 28.3 Å². The van der Waals surface area contributed by atoms with Gasteiger partial charge in [0.05, 0.1) is 5.56 Å². The van der Waals surface area contributed by atoms with Gasteiger partial charge in [-0.1, -0.05) is 22.9 Å². The third kappa shape index (κ3) is 3.81. The van der Waals surface area contributed by atoms with Crippen molar-refractivity contribution in [2.75, 3.05) is 7.11 Å². The molecule has 0 fully saturated rings. The Morgan fingerprint density at radius 1 is 1.33 bits per heavy atom. The first kappa shape index (κ1) is 11.9. The van der Waals surface area contributed by atoms with Crippen LogP contribution >= 0.6 is 7.82 Å². The van der Waals surface area contributed by atoms with Crippen LogP contribution in [-0.4, -0.2) is 18.0 Å². The summed E-state index contributed by atoms with van der Waals surface area (Å²) in [6, 6.07) is 7.89. The van der Waals surface area contributed by atoms with E-state index in [1.165, 1.54) is 12.1 Å². The van der Waals surface area contributed by atoms with Gasteiger partial charge in [0, 0.05) is 7.11 Å². The summed E-state index contributed by atoms with van der Waals surface area (Å²) in [5.74, 6) is -0.873. The average molecular weight is 232 g/mol. The number of phosphoric ester groups is 1. The summed E-state index contributed by atoms with van der Waals surface area (Å²) in [4.78, 5) is 24.0. The minimum atomic E-state index is -4.29. The number of carbonyl (C=O) groups excluding carboxylic acids is 1. The molecule has 1 N–H and O–H groups in total. The molecular weight excluding hydrogens is 223 g/mol. The van der Waals surface area contributed by atoms with Gasteiger partial charge in [0.15, 0.2) is 0 Å². The SMILES string of the molecule is COP(=O)(O)OOC(=O)c1ccccc1. The number of hydrogen-bond donors (Lipinski definition) is 1. The maximum absolute atomic E-state index is 11.2. The van der Waals surface area contributed by atoms with Crippen LogP contribution in [0, 0.1) is 0 Å². The van der Waals surface area contributed by atoms with Gasteiger partial charge in [-0.25, -0.2) is 9.36 Å². The molecule has 0 aliphatic heterocycles. The second-order valence-electron chi connectivity index (χ2n) is 2.46. The Morgan fingerprint density at radius 3 is 2.47 bits per heavy atom. The lowest BCUT2D eigenvalue weighted by molar-refractivity contribution is -0.168. The van der Waals surface area contributed by atoms with E-state index in [9.17, 15) is 9.36 Å². The molecule has 82 valence electrons. The molecule has 1 unspecified atom stereocenters. The Kier molecular flexibility index (Phi) is 3.99. The quantitative estimate of drug-likeness (QED) is 0.481. The van der Waals surface area contributed by atoms with Gasteiger partial charge in [0.25, 0.3) is 0 Å². The van der Waals surface area contributed by atoms with Crippen molar-refractivity contribution in [1.82, 2.24) is 0 Å². The molecule has 1 aromatic carbocycles. The summed E-state index contributed by atoms with van der Waals surface area (Å²) in [6.45, 7) is 0. The summed E-state index contributed by atoms with van der Waals surface area (Å²) < 4.78 is 18.7. The largest absolute Gasteiger partial charge is 0.508 e. The smallest absolute Gasteiger partial charge is 0.300 e. The lowest BCUT2D eigenvalue weighted by atomic mass is 10.2. The van der Waals surface area contributed by atoms with Crippen LogP contribution in [0.1, 0.15) is 10.4 Å². The first-order valence-corrected chi connectivity index (χ1v) is 5.39. The highest BCUT2D eigenvalue weighted by Gasteiger charge is 2.23. The summed E-state index contributed by atoms with van der Waals surface area (Å²) in [6.07, 6.45) is 0. The molecule has 0 aromatic heterocycles. The second kappa shape index (κ2) is 5.04. The average Bonchev–Trinajstić information content (AvgIpc) is 2.27. The predicted molar refractivity (Wildman–Crippen MR) is 49.8 cm³/mol. The molecule has 1 rings (SSSR count). The van der Waals surface area contributed by atoms with E-state index in [-0.39, 0.29) is 5.56 Å². The van der Waals surface area contributed by atoms with E-state index in [0.717, 1.165) is 7.11 Å². The van der Waals surface area contributed by atoms with E-state index in [1.54, 1.807) is 18.2 Å². The van der Waals surface area contributed by atoms with Gasteiger partial charge in [-0.2, -0.15) is 0 Å². The first-order valence-electron chi connectivity index (χ1n) is 3.89. The van der Waals surface area contributed by atoms with Gasteiger partial charge in [-0.3, -0.25) is 9.41 Å². The number of phosphoric acid groups is 1. The standard InChI is InChI=1S/C8H9O6P/c1-12-15(10,11)14-13-8(9)7-5-3-2-4-6-7/h2-6H,1H3,(H,10,11). The maximum Gasteiger partial charge on any atom is 0.508 e. The molecule has 0 radical (unpaired) electrons. The van der Waals surface area contributed by atoms with Crippen molar-refractivity contribution in [2.45, 2.75) is 0 Å². The second-order valence-corrected chi connectivity index (χ2v) is 3.91. The van der Waals surface area contributed by atoms with Crippen molar-refractivity contribution in [1.29, 1.82) is 0 Å². The molecular formula is C8H9O6P. The van der Waals surface area contributed by atoms with E-state index in [4.69, 9.17) is 4.89 Å². The molecule has 0 aliphatic carbocycles. The van der Waals surface area contributed by atoms with Crippen LogP contribution in [0.25, 0.3) is 0 Å². The van der Waals surface area contributed by atoms with Crippen LogP contribution in [0.4, 0.5) is 0 Å². The Morgan fingerprint density at radius 2 is 1.93 bits per heavy atom. The summed E-state index contributed by atoms with van der Waals surface area (Å²) in [7, 11) is -3.34. The molecule has 0 amide bonds. The fourth-order valence-corrected chi connectivity index (χ4v) is 0.956. The van der Waals surface area contributed by atoms with Crippen LogP contribution in [-0.2, 0) is 18.7 Å². The predicted octanol–water partition coefficient (Wildman–Crippen LogP) is 1.52. The van der Waals surface area contributed by atoms with Crippen molar-refractivity contribution in [3.63, 3.8) is 0 Å². The molecule has 0 heterocycles. The van der Waals surface area contributed by atoms with Crippen LogP contribution < -0.4 is 0 Å². The number of hydrogen-bond acceptors (Lipinski definition) is 5. The third-order valence-electron chi connectivity index (χ3n) is 1.45. The Hall–Kier alpha value is -1.20. The Bertz CT molecular complexity index is 376. The molecule has 0 saturated heterocycles. The number of rotatable bonds is 4. The Balaban J connectivity index is 2.55. The molecule has 0 aliphatic rings. The normalized spacial score (nSPS) is 14.3. The molecule has 1 atom stereocenters. The molecule has 0 bridgehead atoms. The maximum atomic E-state index is 11.2. The lowest BCUT2D eigenvalue weighted by Crippen LogP contribution is -2.05. The summed E-state index contributed by atoms with van der Waals surface area (Å²) >= 11 is 0. The first-order chi connectivity index (χ1) is 7.05. The lowest BCUT2D eigenvalue weighted by Gasteiger charge is -2.06. The highest BCUT2D eigenvalue weighted by Crippen LogP contribution is 2.42. The fourth-order valence-electron chi connectivity index (χ4n) is 0.734. The van der Waals surface area contributed by atoms with Gasteiger partial charge in [0.2, 0.25) is 0 Å². The summed E-state index contributed by atoms with van der Waals surface area (Å²) in [5, 5.41) is 0. The number of carbonyl (C=O) groups is 1. The molecule has 15 heavy (non-hydrogen) atoms. The van der Waals surface area contributed by atoms with E-state index >= 15 is 0 Å². The van der Waals surface area contributed by atoms with Crippen LogP contribution in [0.15, 0.2) is 30.3 Å². The molecule has 7 heteroatoms. The zero-order valence-corrected chi connectivity index (χ0v) is 8.72.